The Morgan fingerprint density at radius 1 is 1.38 bits per heavy atom. The number of hydrogen-bond acceptors (Lipinski definition) is 2. The van der Waals surface area contributed by atoms with E-state index in [0.717, 1.165) is 12.3 Å². The summed E-state index contributed by atoms with van der Waals surface area (Å²) in [6.45, 7) is -5.45. The van der Waals surface area contributed by atoms with Crippen molar-refractivity contribution in [2.45, 2.75) is 6.61 Å². The Kier molecular flexibility index (Phi) is 5.73. The Morgan fingerprint density at radius 2 is 2.00 bits per heavy atom. The molecule has 2 nitrogen and oxygen atoms in total. The van der Waals surface area contributed by atoms with Gasteiger partial charge < -0.3 is 18.1 Å². The van der Waals surface area contributed by atoms with Crippen LogP contribution in [0, 0.1) is 0 Å². The molecule has 0 aliphatic carbocycles. The third-order valence-corrected chi connectivity index (χ3v) is 1.36. The Balaban J connectivity index is 0.00000144. The SMILES string of the molecule is OCc1ccnc([B-](F)(F)F)c1.[K+]. The van der Waals surface area contributed by atoms with Crippen LogP contribution in [0.4, 0.5) is 12.9 Å². The third kappa shape index (κ3) is 4.09. The predicted octanol–water partition coefficient (Wildman–Crippen LogP) is -2.37. The summed E-state index contributed by atoms with van der Waals surface area (Å²) in [4.78, 5) is 3.15. The van der Waals surface area contributed by atoms with Gasteiger partial charge in [0, 0.05) is 6.20 Å². The molecule has 66 valence electrons. The van der Waals surface area contributed by atoms with Gasteiger partial charge in [-0.1, -0.05) is 6.07 Å². The van der Waals surface area contributed by atoms with Crippen molar-refractivity contribution in [2.24, 2.45) is 0 Å². The monoisotopic (exact) mass is 215 g/mol. The van der Waals surface area contributed by atoms with Crippen LogP contribution in [-0.4, -0.2) is 17.1 Å². The largest absolute Gasteiger partial charge is 1.00 e. The summed E-state index contributed by atoms with van der Waals surface area (Å²) in [6, 6.07) is 2.19. The molecule has 0 aromatic carbocycles. The zero-order chi connectivity index (χ0) is 9.19. The Bertz CT molecular complexity index is 281. The normalized spacial score (nSPS) is 10.8. The maximum absolute atomic E-state index is 12.0. The molecule has 0 spiro atoms. The van der Waals surface area contributed by atoms with Crippen LogP contribution >= 0.6 is 0 Å². The van der Waals surface area contributed by atoms with E-state index in [1.54, 1.807) is 0 Å². The summed E-state index contributed by atoms with van der Waals surface area (Å²) >= 11 is 0. The molecule has 1 N–H and O–H groups in total. The van der Waals surface area contributed by atoms with E-state index in [1.165, 1.54) is 6.07 Å². The van der Waals surface area contributed by atoms with Crippen molar-refractivity contribution >= 4 is 12.6 Å². The van der Waals surface area contributed by atoms with Gasteiger partial charge in [0.15, 0.2) is 0 Å². The van der Waals surface area contributed by atoms with Crippen LogP contribution in [0.2, 0.25) is 0 Å². The molecule has 1 rings (SSSR count). The maximum Gasteiger partial charge on any atom is 1.00 e. The number of aliphatic hydroxyl groups excluding tert-OH is 1. The first-order valence-electron chi connectivity index (χ1n) is 3.29. The van der Waals surface area contributed by atoms with Gasteiger partial charge in [-0.3, -0.25) is 4.98 Å². The molecular weight excluding hydrogens is 209 g/mol. The second-order valence-corrected chi connectivity index (χ2v) is 2.32. The van der Waals surface area contributed by atoms with E-state index in [4.69, 9.17) is 5.11 Å². The van der Waals surface area contributed by atoms with E-state index in [2.05, 4.69) is 4.98 Å². The topological polar surface area (TPSA) is 33.1 Å². The van der Waals surface area contributed by atoms with Crippen LogP contribution in [0.15, 0.2) is 18.3 Å². The average molecular weight is 215 g/mol. The summed E-state index contributed by atoms with van der Waals surface area (Å²) in [5.74, 6) is 0. The first-order chi connectivity index (χ1) is 5.54. The van der Waals surface area contributed by atoms with E-state index in [0.29, 0.717) is 0 Å². The van der Waals surface area contributed by atoms with Crippen molar-refractivity contribution in [1.29, 1.82) is 0 Å². The molecule has 13 heavy (non-hydrogen) atoms. The molecule has 0 atom stereocenters. The molecule has 0 bridgehead atoms. The second kappa shape index (κ2) is 5.47. The van der Waals surface area contributed by atoms with E-state index in [9.17, 15) is 12.9 Å². The molecule has 0 unspecified atom stereocenters. The molecular formula is C6H6BF3KNO. The Labute approximate surface area is 116 Å². The van der Waals surface area contributed by atoms with Crippen molar-refractivity contribution in [3.63, 3.8) is 0 Å². The summed E-state index contributed by atoms with van der Waals surface area (Å²) in [6.07, 6.45) is 1.04. The number of nitrogens with zero attached hydrogens (tertiary/aromatic N) is 1. The molecule has 0 radical (unpaired) electrons. The summed E-state index contributed by atoms with van der Waals surface area (Å²) in [5, 5.41) is 8.54. The van der Waals surface area contributed by atoms with Gasteiger partial charge in [0.05, 0.1) is 6.61 Å². The van der Waals surface area contributed by atoms with E-state index in [-0.39, 0.29) is 56.9 Å². The van der Waals surface area contributed by atoms with Gasteiger partial charge in [-0.05, 0) is 17.2 Å². The van der Waals surface area contributed by atoms with Crippen molar-refractivity contribution in [2.75, 3.05) is 0 Å². The average Bonchev–Trinajstić information content (AvgIpc) is 2.03. The molecule has 7 heteroatoms. The third-order valence-electron chi connectivity index (χ3n) is 1.36. The van der Waals surface area contributed by atoms with Crippen molar-refractivity contribution < 1.29 is 69.4 Å². The standard InChI is InChI=1S/C6H6BF3NO.K/c8-7(9,10)6-3-5(4-12)1-2-11-6;/h1-3,12H,4H2;/q-1;+1. The molecule has 0 fully saturated rings. The summed E-state index contributed by atoms with van der Waals surface area (Å²) < 4.78 is 36.1. The Hall–Kier alpha value is 0.601. The zero-order valence-electron chi connectivity index (χ0n) is 7.04. The fourth-order valence-corrected chi connectivity index (χ4v) is 0.772. The van der Waals surface area contributed by atoms with Crippen LogP contribution in [0.25, 0.3) is 0 Å². The van der Waals surface area contributed by atoms with Gasteiger partial charge in [-0.2, -0.15) is 0 Å². The number of aromatic nitrogens is 1. The second-order valence-electron chi connectivity index (χ2n) is 2.32. The molecule has 0 saturated heterocycles. The van der Waals surface area contributed by atoms with Gasteiger partial charge in [-0.15, -0.1) is 0 Å². The summed E-state index contributed by atoms with van der Waals surface area (Å²) in [7, 11) is 0. The van der Waals surface area contributed by atoms with Crippen molar-refractivity contribution in [3.8, 4) is 0 Å². The fraction of sp³-hybridized carbons (Fsp3) is 0.167. The first kappa shape index (κ1) is 13.6. The minimum atomic E-state index is -5.05. The zero-order valence-corrected chi connectivity index (χ0v) is 10.2. The molecule has 1 heterocycles. The minimum Gasteiger partial charge on any atom is -0.444 e. The van der Waals surface area contributed by atoms with E-state index < -0.39 is 19.2 Å². The molecule has 0 aliphatic heterocycles. The molecule has 0 amide bonds. The molecule has 1 aromatic heterocycles. The van der Waals surface area contributed by atoms with Crippen LogP contribution in [0.3, 0.4) is 0 Å². The van der Waals surface area contributed by atoms with E-state index in [1.807, 2.05) is 0 Å². The van der Waals surface area contributed by atoms with Gasteiger partial charge in [0.2, 0.25) is 0 Å². The van der Waals surface area contributed by atoms with E-state index >= 15 is 0 Å². The van der Waals surface area contributed by atoms with Crippen molar-refractivity contribution in [1.82, 2.24) is 4.98 Å². The molecule has 0 aliphatic rings. The van der Waals surface area contributed by atoms with Crippen LogP contribution < -0.4 is 57.0 Å². The summed E-state index contributed by atoms with van der Waals surface area (Å²) in [5.41, 5.74) is -0.694. The van der Waals surface area contributed by atoms with Crippen LogP contribution in [0.5, 0.6) is 0 Å². The number of pyridine rings is 1. The van der Waals surface area contributed by atoms with Crippen LogP contribution in [-0.2, 0) is 6.61 Å². The van der Waals surface area contributed by atoms with Gasteiger partial charge >= 0.3 is 58.4 Å². The molecule has 0 saturated carbocycles. The number of halogens is 3. The Morgan fingerprint density at radius 3 is 2.46 bits per heavy atom. The van der Waals surface area contributed by atoms with Gasteiger partial charge in [0.25, 0.3) is 0 Å². The maximum atomic E-state index is 12.0. The minimum absolute atomic E-state index is 0. The smallest absolute Gasteiger partial charge is 0.444 e. The predicted molar refractivity (Wildman–Crippen MR) is 38.9 cm³/mol. The van der Waals surface area contributed by atoms with Gasteiger partial charge in [-0.25, -0.2) is 0 Å². The van der Waals surface area contributed by atoms with Crippen LogP contribution in [0.1, 0.15) is 5.56 Å². The number of rotatable bonds is 2. The number of hydrogen-bond donors (Lipinski definition) is 1. The van der Waals surface area contributed by atoms with Crippen molar-refractivity contribution in [3.05, 3.63) is 23.9 Å². The quantitative estimate of drug-likeness (QED) is 0.559. The van der Waals surface area contributed by atoms with Gasteiger partial charge in [0.1, 0.15) is 0 Å². The fourth-order valence-electron chi connectivity index (χ4n) is 0.772. The first-order valence-corrected chi connectivity index (χ1v) is 3.29. The molecule has 1 aromatic rings. The number of aliphatic hydroxyl groups is 1.